The third kappa shape index (κ3) is 3.27. The highest BCUT2D eigenvalue weighted by atomic mass is 16.5. The van der Waals surface area contributed by atoms with Gasteiger partial charge in [0.25, 0.3) is 0 Å². The Morgan fingerprint density at radius 3 is 3.00 bits per heavy atom. The molecule has 3 heterocycles. The van der Waals surface area contributed by atoms with Crippen LogP contribution in [-0.4, -0.2) is 55.6 Å². The van der Waals surface area contributed by atoms with E-state index in [4.69, 9.17) is 10.5 Å². The standard InChI is InChI=1S/C13H19N7O/c1-19-6-2-3-10(19)4-8-21-13-17-11(14)16-12(18-13)20-7-5-15-9-20/h5,7,9-10H,2-4,6,8H2,1H3,(H2,14,16,17,18). The predicted molar refractivity (Wildman–Crippen MR) is 77.1 cm³/mol. The van der Waals surface area contributed by atoms with Gasteiger partial charge in [-0.3, -0.25) is 4.57 Å². The first-order valence-electron chi connectivity index (χ1n) is 7.05. The summed E-state index contributed by atoms with van der Waals surface area (Å²) in [6.07, 6.45) is 8.43. The summed E-state index contributed by atoms with van der Waals surface area (Å²) in [4.78, 5) is 18.6. The second-order valence-corrected chi connectivity index (χ2v) is 5.16. The van der Waals surface area contributed by atoms with E-state index in [2.05, 4.69) is 31.9 Å². The SMILES string of the molecule is CN1CCCC1CCOc1nc(N)nc(-n2ccnc2)n1. The predicted octanol–water partition coefficient (Wildman–Crippen LogP) is 0.503. The van der Waals surface area contributed by atoms with E-state index >= 15 is 0 Å². The number of nitrogen functional groups attached to an aromatic ring is 1. The first kappa shape index (κ1) is 13.7. The van der Waals surface area contributed by atoms with Gasteiger partial charge in [0.15, 0.2) is 0 Å². The number of imidazole rings is 1. The Morgan fingerprint density at radius 1 is 1.38 bits per heavy atom. The number of anilines is 1. The molecule has 0 amide bonds. The van der Waals surface area contributed by atoms with Crippen LogP contribution in [0.3, 0.4) is 0 Å². The molecule has 1 fully saturated rings. The molecule has 8 heteroatoms. The number of rotatable bonds is 5. The van der Waals surface area contributed by atoms with Crippen molar-refractivity contribution in [2.24, 2.45) is 0 Å². The zero-order valence-electron chi connectivity index (χ0n) is 12.0. The molecule has 2 N–H and O–H groups in total. The highest BCUT2D eigenvalue weighted by molar-refractivity contribution is 5.24. The molecule has 0 saturated carbocycles. The van der Waals surface area contributed by atoms with Gasteiger partial charge in [0.2, 0.25) is 11.9 Å². The molecule has 3 rings (SSSR count). The van der Waals surface area contributed by atoms with Gasteiger partial charge >= 0.3 is 6.01 Å². The first-order valence-corrected chi connectivity index (χ1v) is 7.05. The smallest absolute Gasteiger partial charge is 0.323 e. The second kappa shape index (κ2) is 6.04. The maximum atomic E-state index is 5.70. The summed E-state index contributed by atoms with van der Waals surface area (Å²) in [7, 11) is 2.15. The number of hydrogen-bond donors (Lipinski definition) is 1. The number of aromatic nitrogens is 5. The first-order chi connectivity index (χ1) is 10.2. The topological polar surface area (TPSA) is 95.0 Å². The molecule has 2 aromatic heterocycles. The monoisotopic (exact) mass is 289 g/mol. The minimum absolute atomic E-state index is 0.140. The van der Waals surface area contributed by atoms with Gasteiger partial charge in [-0.25, -0.2) is 4.98 Å². The maximum absolute atomic E-state index is 5.70. The molecule has 1 aliphatic heterocycles. The van der Waals surface area contributed by atoms with Gasteiger partial charge in [-0.15, -0.1) is 0 Å². The van der Waals surface area contributed by atoms with Crippen molar-refractivity contribution < 1.29 is 4.74 Å². The summed E-state index contributed by atoms with van der Waals surface area (Å²) in [5, 5.41) is 0. The Balaban J connectivity index is 1.63. The Labute approximate surface area is 123 Å². The van der Waals surface area contributed by atoms with Gasteiger partial charge in [-0.2, -0.15) is 15.0 Å². The third-order valence-corrected chi connectivity index (χ3v) is 3.71. The molecule has 0 aliphatic carbocycles. The molecule has 112 valence electrons. The van der Waals surface area contributed by atoms with Crippen LogP contribution in [0.2, 0.25) is 0 Å². The Morgan fingerprint density at radius 2 is 2.29 bits per heavy atom. The minimum atomic E-state index is 0.140. The Bertz CT molecular complexity index is 586. The fourth-order valence-electron chi connectivity index (χ4n) is 2.55. The molecule has 1 unspecified atom stereocenters. The molecular weight excluding hydrogens is 270 g/mol. The largest absolute Gasteiger partial charge is 0.463 e. The van der Waals surface area contributed by atoms with Crippen LogP contribution < -0.4 is 10.5 Å². The molecule has 1 aliphatic rings. The summed E-state index contributed by atoms with van der Waals surface area (Å²) in [5.74, 6) is 0.551. The lowest BCUT2D eigenvalue weighted by molar-refractivity contribution is 0.223. The highest BCUT2D eigenvalue weighted by Crippen LogP contribution is 2.18. The van der Waals surface area contributed by atoms with Crippen molar-refractivity contribution in [1.29, 1.82) is 0 Å². The minimum Gasteiger partial charge on any atom is -0.463 e. The third-order valence-electron chi connectivity index (χ3n) is 3.71. The van der Waals surface area contributed by atoms with Gasteiger partial charge in [-0.05, 0) is 32.9 Å². The molecule has 1 saturated heterocycles. The van der Waals surface area contributed by atoms with E-state index in [1.807, 2.05) is 0 Å². The van der Waals surface area contributed by atoms with Crippen molar-refractivity contribution in [3.05, 3.63) is 18.7 Å². The number of hydrogen-bond acceptors (Lipinski definition) is 7. The molecule has 21 heavy (non-hydrogen) atoms. The Hall–Kier alpha value is -2.22. The number of likely N-dealkylation sites (tertiary alicyclic amines) is 1. The van der Waals surface area contributed by atoms with Crippen LogP contribution in [0.4, 0.5) is 5.95 Å². The quantitative estimate of drug-likeness (QED) is 0.856. The van der Waals surface area contributed by atoms with Crippen LogP contribution >= 0.6 is 0 Å². The van der Waals surface area contributed by atoms with Crippen LogP contribution in [0.25, 0.3) is 5.95 Å². The van der Waals surface area contributed by atoms with Crippen molar-refractivity contribution in [3.63, 3.8) is 0 Å². The lowest BCUT2D eigenvalue weighted by Gasteiger charge is -2.18. The molecule has 8 nitrogen and oxygen atoms in total. The van der Waals surface area contributed by atoms with Crippen molar-refractivity contribution in [2.45, 2.75) is 25.3 Å². The van der Waals surface area contributed by atoms with Gasteiger partial charge in [0.05, 0.1) is 6.61 Å². The second-order valence-electron chi connectivity index (χ2n) is 5.16. The van der Waals surface area contributed by atoms with Crippen LogP contribution in [-0.2, 0) is 0 Å². The summed E-state index contributed by atoms with van der Waals surface area (Å²) >= 11 is 0. The van der Waals surface area contributed by atoms with Gasteiger partial charge in [0.1, 0.15) is 6.33 Å². The lowest BCUT2D eigenvalue weighted by atomic mass is 10.2. The van der Waals surface area contributed by atoms with Crippen LogP contribution in [0.15, 0.2) is 18.7 Å². The van der Waals surface area contributed by atoms with Gasteiger partial charge in [0, 0.05) is 18.4 Å². The van der Waals surface area contributed by atoms with Crippen LogP contribution in [0.5, 0.6) is 6.01 Å². The molecule has 2 aromatic rings. The van der Waals surface area contributed by atoms with Gasteiger partial charge < -0.3 is 15.4 Å². The lowest BCUT2D eigenvalue weighted by Crippen LogP contribution is -2.26. The highest BCUT2D eigenvalue weighted by Gasteiger charge is 2.20. The normalized spacial score (nSPS) is 19.0. The molecule has 0 spiro atoms. The molecule has 0 radical (unpaired) electrons. The zero-order valence-corrected chi connectivity index (χ0v) is 12.0. The molecular formula is C13H19N7O. The maximum Gasteiger partial charge on any atom is 0.323 e. The average molecular weight is 289 g/mol. The summed E-state index contributed by atoms with van der Waals surface area (Å²) < 4.78 is 7.30. The summed E-state index contributed by atoms with van der Waals surface area (Å²) in [6, 6.07) is 0.837. The summed E-state index contributed by atoms with van der Waals surface area (Å²) in [6.45, 7) is 1.73. The fourth-order valence-corrected chi connectivity index (χ4v) is 2.55. The van der Waals surface area contributed by atoms with E-state index < -0.39 is 0 Å². The number of nitrogens with zero attached hydrogens (tertiary/aromatic N) is 6. The van der Waals surface area contributed by atoms with Crippen molar-refractivity contribution in [3.8, 4) is 12.0 Å². The van der Waals surface area contributed by atoms with E-state index in [1.165, 1.54) is 12.8 Å². The van der Waals surface area contributed by atoms with E-state index in [9.17, 15) is 0 Å². The zero-order chi connectivity index (χ0) is 14.7. The number of ether oxygens (including phenoxy) is 1. The average Bonchev–Trinajstić information content (AvgIpc) is 3.10. The van der Waals surface area contributed by atoms with Crippen LogP contribution in [0, 0.1) is 0 Å². The molecule has 0 bridgehead atoms. The van der Waals surface area contributed by atoms with E-state index in [1.54, 1.807) is 23.3 Å². The number of nitrogens with two attached hydrogens (primary N) is 1. The van der Waals surface area contributed by atoms with Crippen molar-refractivity contribution in [2.75, 3.05) is 25.9 Å². The van der Waals surface area contributed by atoms with E-state index in [0.29, 0.717) is 18.6 Å². The van der Waals surface area contributed by atoms with E-state index in [-0.39, 0.29) is 12.0 Å². The molecule has 0 aromatic carbocycles. The van der Waals surface area contributed by atoms with E-state index in [0.717, 1.165) is 13.0 Å². The van der Waals surface area contributed by atoms with Crippen molar-refractivity contribution in [1.82, 2.24) is 29.4 Å². The van der Waals surface area contributed by atoms with Crippen LogP contribution in [0.1, 0.15) is 19.3 Å². The van der Waals surface area contributed by atoms with Crippen molar-refractivity contribution >= 4 is 5.95 Å². The van der Waals surface area contributed by atoms with Gasteiger partial charge in [-0.1, -0.05) is 0 Å². The summed E-state index contributed by atoms with van der Waals surface area (Å²) in [5.41, 5.74) is 5.70. The molecule has 1 atom stereocenters. The fraction of sp³-hybridized carbons (Fsp3) is 0.538. The Kier molecular flexibility index (Phi) is 3.96.